The van der Waals surface area contributed by atoms with Gasteiger partial charge in [0.1, 0.15) is 11.6 Å². The SMILES string of the molecule is O=C(O)CCCCCOc1ccccc1C(O)N(C(=O)c1ccc(-c2cccc(F)c2)cc1)C1CC1. The summed E-state index contributed by atoms with van der Waals surface area (Å²) in [6, 6.07) is 20.3. The van der Waals surface area contributed by atoms with Crippen molar-refractivity contribution in [3.8, 4) is 16.9 Å². The minimum atomic E-state index is -1.17. The molecule has 6 nitrogen and oxygen atoms in total. The van der Waals surface area contributed by atoms with Gasteiger partial charge in [0.25, 0.3) is 5.91 Å². The number of halogens is 1. The van der Waals surface area contributed by atoms with Crippen molar-refractivity contribution in [3.05, 3.63) is 89.7 Å². The number of aliphatic carboxylic acids is 1. The third-order valence-electron chi connectivity index (χ3n) is 6.22. The Labute approximate surface area is 210 Å². The van der Waals surface area contributed by atoms with E-state index < -0.39 is 12.2 Å². The van der Waals surface area contributed by atoms with E-state index in [1.807, 2.05) is 12.1 Å². The maximum Gasteiger partial charge on any atom is 0.303 e. The number of benzene rings is 3. The van der Waals surface area contributed by atoms with Crippen LogP contribution in [0.4, 0.5) is 4.39 Å². The molecule has 0 heterocycles. The highest BCUT2D eigenvalue weighted by Gasteiger charge is 2.38. The van der Waals surface area contributed by atoms with Crippen LogP contribution in [0.1, 0.15) is 60.7 Å². The summed E-state index contributed by atoms with van der Waals surface area (Å²) in [7, 11) is 0. The number of rotatable bonds is 12. The Morgan fingerprint density at radius 1 is 0.944 bits per heavy atom. The number of hydrogen-bond acceptors (Lipinski definition) is 4. The number of aliphatic hydroxyl groups excluding tert-OH is 1. The summed E-state index contributed by atoms with van der Waals surface area (Å²) in [4.78, 5) is 25.6. The molecule has 0 saturated heterocycles. The molecular formula is C29H30FNO5. The molecule has 1 aliphatic rings. The molecule has 3 aromatic rings. The van der Waals surface area contributed by atoms with Crippen molar-refractivity contribution >= 4 is 11.9 Å². The predicted molar refractivity (Wildman–Crippen MR) is 134 cm³/mol. The molecular weight excluding hydrogens is 461 g/mol. The summed E-state index contributed by atoms with van der Waals surface area (Å²) in [5.74, 6) is -0.906. The number of nitrogens with zero attached hydrogens (tertiary/aromatic N) is 1. The van der Waals surface area contributed by atoms with Crippen molar-refractivity contribution in [1.82, 2.24) is 4.90 Å². The molecule has 1 fully saturated rings. The Morgan fingerprint density at radius 2 is 1.69 bits per heavy atom. The second-order valence-corrected chi connectivity index (χ2v) is 9.00. The van der Waals surface area contributed by atoms with Crippen LogP contribution in [0, 0.1) is 5.82 Å². The largest absolute Gasteiger partial charge is 0.493 e. The number of carboxylic acids is 1. The zero-order valence-electron chi connectivity index (χ0n) is 20.0. The summed E-state index contributed by atoms with van der Waals surface area (Å²) in [6.45, 7) is 0.391. The van der Waals surface area contributed by atoms with E-state index in [-0.39, 0.29) is 24.2 Å². The number of amides is 1. The topological polar surface area (TPSA) is 87.1 Å². The fourth-order valence-electron chi connectivity index (χ4n) is 4.16. The van der Waals surface area contributed by atoms with E-state index in [9.17, 15) is 19.1 Å². The first-order chi connectivity index (χ1) is 17.4. The van der Waals surface area contributed by atoms with E-state index in [1.54, 1.807) is 48.5 Å². The molecule has 1 unspecified atom stereocenters. The zero-order valence-corrected chi connectivity index (χ0v) is 20.0. The van der Waals surface area contributed by atoms with E-state index in [0.29, 0.717) is 36.3 Å². The maximum absolute atomic E-state index is 13.6. The third-order valence-corrected chi connectivity index (χ3v) is 6.22. The van der Waals surface area contributed by atoms with Gasteiger partial charge in [0.15, 0.2) is 6.23 Å². The summed E-state index contributed by atoms with van der Waals surface area (Å²) >= 11 is 0. The van der Waals surface area contributed by atoms with Gasteiger partial charge < -0.3 is 19.8 Å². The number of carboxylic acid groups (broad SMARTS) is 1. The summed E-state index contributed by atoms with van der Waals surface area (Å²) in [5, 5.41) is 20.0. The highest BCUT2D eigenvalue weighted by Crippen LogP contribution is 2.37. The van der Waals surface area contributed by atoms with Crippen LogP contribution in [0.15, 0.2) is 72.8 Å². The normalized spacial score (nSPS) is 13.7. The quantitative estimate of drug-likeness (QED) is 0.247. The van der Waals surface area contributed by atoms with E-state index in [1.165, 1.54) is 17.0 Å². The van der Waals surface area contributed by atoms with Crippen molar-refractivity contribution in [2.75, 3.05) is 6.61 Å². The number of carbonyl (C=O) groups excluding carboxylic acids is 1. The number of para-hydroxylation sites is 1. The average Bonchev–Trinajstić information content (AvgIpc) is 3.71. The Morgan fingerprint density at radius 3 is 2.39 bits per heavy atom. The summed E-state index contributed by atoms with van der Waals surface area (Å²) < 4.78 is 19.5. The van der Waals surface area contributed by atoms with Crippen LogP contribution in [0.2, 0.25) is 0 Å². The van der Waals surface area contributed by atoms with Crippen LogP contribution >= 0.6 is 0 Å². The lowest BCUT2D eigenvalue weighted by Crippen LogP contribution is -2.37. The van der Waals surface area contributed by atoms with Crippen molar-refractivity contribution < 1.29 is 28.9 Å². The molecule has 1 atom stereocenters. The van der Waals surface area contributed by atoms with Crippen LogP contribution in [0.5, 0.6) is 5.75 Å². The standard InChI is InChI=1S/C29H30FNO5/c30-23-8-6-7-22(19-23)20-12-14-21(15-13-20)28(34)31(24-16-17-24)29(35)25-9-3-4-10-26(25)36-18-5-1-2-11-27(32)33/h3-4,6-10,12-15,19,24,29,35H,1-2,5,11,16-18H2,(H,32,33). The number of hydrogen-bond donors (Lipinski definition) is 2. The van der Waals surface area contributed by atoms with E-state index in [2.05, 4.69) is 0 Å². The molecule has 7 heteroatoms. The molecule has 36 heavy (non-hydrogen) atoms. The second kappa shape index (κ2) is 11.8. The first-order valence-electron chi connectivity index (χ1n) is 12.2. The summed E-state index contributed by atoms with van der Waals surface area (Å²) in [6.07, 6.45) is 2.61. The molecule has 1 saturated carbocycles. The third kappa shape index (κ3) is 6.49. The predicted octanol–water partition coefficient (Wildman–Crippen LogP) is 5.81. The van der Waals surface area contributed by atoms with Gasteiger partial charge in [-0.25, -0.2) is 4.39 Å². The minimum absolute atomic E-state index is 0.0560. The molecule has 2 N–H and O–H groups in total. The lowest BCUT2D eigenvalue weighted by Gasteiger charge is -2.29. The van der Waals surface area contributed by atoms with Crippen molar-refractivity contribution in [3.63, 3.8) is 0 Å². The van der Waals surface area contributed by atoms with Crippen LogP contribution in [0.3, 0.4) is 0 Å². The fourth-order valence-corrected chi connectivity index (χ4v) is 4.16. The molecule has 0 spiro atoms. The number of unbranched alkanes of at least 4 members (excludes halogenated alkanes) is 2. The van der Waals surface area contributed by atoms with Gasteiger partial charge in [0, 0.05) is 23.6 Å². The Bertz CT molecular complexity index is 1190. The van der Waals surface area contributed by atoms with Crippen LogP contribution < -0.4 is 4.74 Å². The first-order valence-corrected chi connectivity index (χ1v) is 12.2. The maximum atomic E-state index is 13.6. The Hall–Kier alpha value is -3.71. The Kier molecular flexibility index (Phi) is 8.33. The Balaban J connectivity index is 1.46. The molecule has 4 rings (SSSR count). The van der Waals surface area contributed by atoms with Gasteiger partial charge in [-0.15, -0.1) is 0 Å². The van der Waals surface area contributed by atoms with Crippen molar-refractivity contribution in [2.24, 2.45) is 0 Å². The molecule has 0 aliphatic heterocycles. The van der Waals surface area contributed by atoms with Crippen LogP contribution in [0.25, 0.3) is 11.1 Å². The van der Waals surface area contributed by atoms with Crippen molar-refractivity contribution in [1.29, 1.82) is 0 Å². The average molecular weight is 492 g/mol. The van der Waals surface area contributed by atoms with E-state index in [4.69, 9.17) is 9.84 Å². The molecule has 0 aromatic heterocycles. The number of carbonyl (C=O) groups is 2. The van der Waals surface area contributed by atoms with Crippen molar-refractivity contribution in [2.45, 2.75) is 50.8 Å². The van der Waals surface area contributed by atoms with Gasteiger partial charge in [-0.1, -0.05) is 42.5 Å². The summed E-state index contributed by atoms with van der Waals surface area (Å²) in [5.41, 5.74) is 2.48. The van der Waals surface area contributed by atoms with Gasteiger partial charge in [-0.3, -0.25) is 9.59 Å². The zero-order chi connectivity index (χ0) is 25.5. The smallest absolute Gasteiger partial charge is 0.303 e. The van der Waals surface area contributed by atoms with E-state index in [0.717, 1.165) is 30.4 Å². The van der Waals surface area contributed by atoms with E-state index >= 15 is 0 Å². The highest BCUT2D eigenvalue weighted by atomic mass is 19.1. The van der Waals surface area contributed by atoms with Gasteiger partial charge in [0.2, 0.25) is 0 Å². The van der Waals surface area contributed by atoms with Crippen LogP contribution in [-0.4, -0.2) is 39.6 Å². The molecule has 0 bridgehead atoms. The van der Waals surface area contributed by atoms with Gasteiger partial charge >= 0.3 is 5.97 Å². The molecule has 1 aliphatic carbocycles. The second-order valence-electron chi connectivity index (χ2n) is 9.00. The van der Waals surface area contributed by atoms with Gasteiger partial charge in [-0.2, -0.15) is 0 Å². The van der Waals surface area contributed by atoms with Gasteiger partial charge in [-0.05, 0) is 73.6 Å². The lowest BCUT2D eigenvalue weighted by molar-refractivity contribution is -0.137. The monoisotopic (exact) mass is 491 g/mol. The highest BCUT2D eigenvalue weighted by molar-refractivity contribution is 5.95. The molecule has 1 amide bonds. The minimum Gasteiger partial charge on any atom is -0.493 e. The fraction of sp³-hybridized carbons (Fsp3) is 0.310. The molecule has 0 radical (unpaired) electrons. The number of aliphatic hydroxyl groups is 1. The lowest BCUT2D eigenvalue weighted by atomic mass is 10.0. The molecule has 3 aromatic carbocycles. The molecule has 188 valence electrons. The van der Waals surface area contributed by atoms with Crippen LogP contribution in [-0.2, 0) is 4.79 Å². The number of ether oxygens (including phenoxy) is 1. The first kappa shape index (κ1) is 25.4. The van der Waals surface area contributed by atoms with Gasteiger partial charge in [0.05, 0.1) is 6.61 Å².